The van der Waals surface area contributed by atoms with Crippen molar-refractivity contribution in [2.24, 2.45) is 0 Å². The quantitative estimate of drug-likeness (QED) is 0.353. The van der Waals surface area contributed by atoms with Crippen LogP contribution in [0.3, 0.4) is 0 Å². The van der Waals surface area contributed by atoms with Gasteiger partial charge in [0.2, 0.25) is 0 Å². The van der Waals surface area contributed by atoms with Crippen molar-refractivity contribution in [1.82, 2.24) is 0 Å². The molecule has 0 saturated heterocycles. The van der Waals surface area contributed by atoms with Crippen LogP contribution < -0.4 is 0 Å². The van der Waals surface area contributed by atoms with E-state index in [1.54, 1.807) is 6.08 Å². The van der Waals surface area contributed by atoms with Crippen LogP contribution in [0.2, 0.25) is 0 Å². The van der Waals surface area contributed by atoms with Gasteiger partial charge in [0.15, 0.2) is 0 Å². The molecule has 0 aromatic heterocycles. The van der Waals surface area contributed by atoms with Gasteiger partial charge < -0.3 is 5.11 Å². The first-order valence-electron chi connectivity index (χ1n) is 3.82. The molecule has 1 heteroatoms. The van der Waals surface area contributed by atoms with E-state index in [4.69, 9.17) is 5.11 Å². The Hall–Kier alpha value is -0.720. The maximum atomic E-state index is 8.27. The second-order valence-corrected chi connectivity index (χ2v) is 2.24. The van der Waals surface area contributed by atoms with Crippen LogP contribution in [0.25, 0.3) is 0 Å². The van der Waals surface area contributed by atoms with E-state index in [1.165, 1.54) is 12.8 Å². The topological polar surface area (TPSA) is 20.2 Å². The highest BCUT2D eigenvalue weighted by Gasteiger charge is 1.81. The lowest BCUT2D eigenvalue weighted by Crippen LogP contribution is -1.71. The third-order valence-corrected chi connectivity index (χ3v) is 1.33. The van der Waals surface area contributed by atoms with Crippen LogP contribution in [0.4, 0.5) is 0 Å². The van der Waals surface area contributed by atoms with Crippen molar-refractivity contribution in [2.45, 2.75) is 32.6 Å². The molecule has 0 bridgehead atoms. The highest BCUT2D eigenvalue weighted by Crippen LogP contribution is 2.00. The molecule has 0 aromatic carbocycles. The van der Waals surface area contributed by atoms with Gasteiger partial charge in [-0.1, -0.05) is 18.2 Å². The smallest absolute Gasteiger partial charge is 0.0751 e. The molecule has 0 aliphatic heterocycles. The molecule has 0 amide bonds. The van der Waals surface area contributed by atoms with Gasteiger partial charge in [-0.2, -0.15) is 0 Å². The minimum atomic E-state index is 0.994. The molecule has 0 radical (unpaired) electrons. The molecule has 1 nitrogen and oxygen atoms in total. The number of hydrogen-bond donors (Lipinski definition) is 1. The molecule has 0 spiro atoms. The van der Waals surface area contributed by atoms with Gasteiger partial charge in [0.05, 0.1) is 6.26 Å². The lowest BCUT2D eigenvalue weighted by molar-refractivity contribution is 0.470. The molecule has 1 N–H and O–H groups in total. The zero-order valence-electron chi connectivity index (χ0n) is 6.59. The molecule has 58 valence electrons. The number of allylic oxidation sites excluding steroid dienone is 3. The maximum Gasteiger partial charge on any atom is 0.0751 e. The molecule has 0 heterocycles. The predicted octanol–water partition coefficient (Wildman–Crippen LogP) is 3.19. The van der Waals surface area contributed by atoms with Gasteiger partial charge in [-0.15, -0.1) is 0 Å². The van der Waals surface area contributed by atoms with E-state index in [2.05, 4.69) is 12.2 Å². The van der Waals surface area contributed by atoms with E-state index < -0.39 is 0 Å². The summed E-state index contributed by atoms with van der Waals surface area (Å²) < 4.78 is 0. The molecule has 0 rings (SSSR count). The van der Waals surface area contributed by atoms with Gasteiger partial charge in [-0.05, 0) is 32.6 Å². The predicted molar refractivity (Wildman–Crippen MR) is 45.1 cm³/mol. The van der Waals surface area contributed by atoms with E-state index in [0.29, 0.717) is 0 Å². The fourth-order valence-corrected chi connectivity index (χ4v) is 0.766. The molecule has 0 aliphatic rings. The lowest BCUT2D eigenvalue weighted by atomic mass is 10.2. The average Bonchev–Trinajstić information content (AvgIpc) is 1.97. The summed E-state index contributed by atoms with van der Waals surface area (Å²) in [6, 6.07) is 0. The molecule has 0 fully saturated rings. The number of rotatable bonds is 5. The van der Waals surface area contributed by atoms with Crippen molar-refractivity contribution in [1.29, 1.82) is 0 Å². The fourth-order valence-electron chi connectivity index (χ4n) is 0.766. The molecule has 0 aliphatic carbocycles. The van der Waals surface area contributed by atoms with Gasteiger partial charge in [-0.3, -0.25) is 0 Å². The summed E-state index contributed by atoms with van der Waals surface area (Å²) in [4.78, 5) is 0. The first-order valence-corrected chi connectivity index (χ1v) is 3.82. The maximum absolute atomic E-state index is 8.27. The Morgan fingerprint density at radius 1 is 1.10 bits per heavy atom. The summed E-state index contributed by atoms with van der Waals surface area (Å²) in [5, 5.41) is 8.27. The largest absolute Gasteiger partial charge is 0.516 e. The van der Waals surface area contributed by atoms with E-state index in [1.807, 2.05) is 6.92 Å². The molecular weight excluding hydrogens is 124 g/mol. The fraction of sp³-hybridized carbons (Fsp3) is 0.556. The summed E-state index contributed by atoms with van der Waals surface area (Å²) in [5.74, 6) is 0. The highest BCUT2D eigenvalue weighted by atomic mass is 16.2. The van der Waals surface area contributed by atoms with Crippen molar-refractivity contribution in [2.75, 3.05) is 0 Å². The van der Waals surface area contributed by atoms with Crippen molar-refractivity contribution < 1.29 is 5.11 Å². The zero-order chi connectivity index (χ0) is 7.66. The Labute approximate surface area is 63.1 Å². The molecule has 10 heavy (non-hydrogen) atoms. The Bertz CT molecular complexity index is 89.3. The normalized spacial score (nSPS) is 11.7. The monoisotopic (exact) mass is 140 g/mol. The van der Waals surface area contributed by atoms with Crippen LogP contribution in [-0.2, 0) is 0 Å². The minimum Gasteiger partial charge on any atom is -0.516 e. The molecule has 0 unspecified atom stereocenters. The van der Waals surface area contributed by atoms with Crippen molar-refractivity contribution in [3.63, 3.8) is 0 Å². The highest BCUT2D eigenvalue weighted by molar-refractivity contribution is 4.77. The number of aliphatic hydroxyl groups excluding tert-OH is 1. The van der Waals surface area contributed by atoms with E-state index in [0.717, 1.165) is 19.1 Å². The van der Waals surface area contributed by atoms with E-state index >= 15 is 0 Å². The lowest BCUT2D eigenvalue weighted by Gasteiger charge is -1.90. The Balaban J connectivity index is 2.90. The van der Waals surface area contributed by atoms with Crippen molar-refractivity contribution in [3.8, 4) is 0 Å². The standard InChI is InChI=1S/C9H16O/c1-2-3-4-5-6-7-8-9-10/h2-3,8-10H,4-7H2,1H3. The summed E-state index contributed by atoms with van der Waals surface area (Å²) >= 11 is 0. The first kappa shape index (κ1) is 9.28. The number of unbranched alkanes of at least 4 members (excludes halogenated alkanes) is 3. The average molecular weight is 140 g/mol. The van der Waals surface area contributed by atoms with Crippen LogP contribution in [0.5, 0.6) is 0 Å². The summed E-state index contributed by atoms with van der Waals surface area (Å²) in [6.45, 7) is 2.04. The van der Waals surface area contributed by atoms with Crippen molar-refractivity contribution in [3.05, 3.63) is 24.5 Å². The SMILES string of the molecule is CC=CCCCCC=CO. The third-order valence-electron chi connectivity index (χ3n) is 1.33. The number of hydrogen-bond acceptors (Lipinski definition) is 1. The molecule has 0 aromatic rings. The molecular formula is C9H16O. The van der Waals surface area contributed by atoms with Gasteiger partial charge in [0.1, 0.15) is 0 Å². The minimum absolute atomic E-state index is 0.994. The van der Waals surface area contributed by atoms with Crippen molar-refractivity contribution >= 4 is 0 Å². The van der Waals surface area contributed by atoms with E-state index in [-0.39, 0.29) is 0 Å². The zero-order valence-corrected chi connectivity index (χ0v) is 6.59. The van der Waals surface area contributed by atoms with Crippen LogP contribution >= 0.6 is 0 Å². The van der Waals surface area contributed by atoms with Gasteiger partial charge in [0.25, 0.3) is 0 Å². The van der Waals surface area contributed by atoms with Gasteiger partial charge >= 0.3 is 0 Å². The van der Waals surface area contributed by atoms with Gasteiger partial charge in [0, 0.05) is 0 Å². The van der Waals surface area contributed by atoms with E-state index in [9.17, 15) is 0 Å². The first-order chi connectivity index (χ1) is 4.91. The van der Waals surface area contributed by atoms with Crippen LogP contribution in [0, 0.1) is 0 Å². The Morgan fingerprint density at radius 2 is 1.70 bits per heavy atom. The van der Waals surface area contributed by atoms with Crippen LogP contribution in [0.15, 0.2) is 24.5 Å². The molecule has 0 atom stereocenters. The number of aliphatic hydroxyl groups is 1. The summed E-state index contributed by atoms with van der Waals surface area (Å²) in [6.07, 6.45) is 11.7. The Morgan fingerprint density at radius 3 is 2.20 bits per heavy atom. The van der Waals surface area contributed by atoms with Crippen LogP contribution in [0.1, 0.15) is 32.6 Å². The molecule has 0 saturated carbocycles. The Kier molecular flexibility index (Phi) is 7.68. The second kappa shape index (κ2) is 8.28. The second-order valence-electron chi connectivity index (χ2n) is 2.24. The van der Waals surface area contributed by atoms with Crippen LogP contribution in [-0.4, -0.2) is 5.11 Å². The van der Waals surface area contributed by atoms with Gasteiger partial charge in [-0.25, -0.2) is 0 Å². The third kappa shape index (κ3) is 7.28. The summed E-state index contributed by atoms with van der Waals surface area (Å²) in [5.41, 5.74) is 0. The summed E-state index contributed by atoms with van der Waals surface area (Å²) in [7, 11) is 0.